The second-order valence-corrected chi connectivity index (χ2v) is 9.28. The minimum atomic E-state index is -3.15. The van der Waals surface area contributed by atoms with Gasteiger partial charge < -0.3 is 9.32 Å². The summed E-state index contributed by atoms with van der Waals surface area (Å²) >= 11 is 0. The molecular formula is C17H25N3O4S. The van der Waals surface area contributed by atoms with E-state index in [0.29, 0.717) is 37.0 Å². The zero-order valence-corrected chi connectivity index (χ0v) is 16.0. The van der Waals surface area contributed by atoms with Gasteiger partial charge >= 0.3 is 0 Å². The molecule has 8 heteroatoms. The molecule has 2 aliphatic rings. The smallest absolute Gasteiger partial charge is 0.276 e. The zero-order valence-electron chi connectivity index (χ0n) is 15.2. The molecule has 3 heterocycles. The zero-order chi connectivity index (χ0) is 18.4. The summed E-state index contributed by atoms with van der Waals surface area (Å²) < 4.78 is 29.9. The summed E-state index contributed by atoms with van der Waals surface area (Å²) in [6, 6.07) is -0.486. The van der Waals surface area contributed by atoms with Crippen molar-refractivity contribution in [1.29, 1.82) is 0 Å². The molecule has 0 radical (unpaired) electrons. The standard InChI is InChI=1S/C17H25N3O4S/c1-11(2)5-6-19-7-8-20(15-10-25(22,23)9-14(15)19)17(21)16-12(3)24-13(4)18-16/h5,14-15H,6-10H2,1-4H3/t14-,15+/m0/s1. The quantitative estimate of drug-likeness (QED) is 0.746. The fraction of sp³-hybridized carbons (Fsp3) is 0.647. The van der Waals surface area contributed by atoms with Crippen molar-refractivity contribution in [2.75, 3.05) is 31.1 Å². The van der Waals surface area contributed by atoms with Crippen LogP contribution in [0.5, 0.6) is 0 Å². The number of allylic oxidation sites excluding steroid dienone is 1. The van der Waals surface area contributed by atoms with Crippen molar-refractivity contribution in [3.05, 3.63) is 29.0 Å². The van der Waals surface area contributed by atoms with E-state index in [1.807, 2.05) is 13.8 Å². The number of fused-ring (bicyclic) bond motifs is 1. The monoisotopic (exact) mass is 367 g/mol. The molecule has 0 aromatic carbocycles. The molecule has 0 unspecified atom stereocenters. The van der Waals surface area contributed by atoms with E-state index in [1.54, 1.807) is 18.7 Å². The van der Waals surface area contributed by atoms with Crippen molar-refractivity contribution in [1.82, 2.24) is 14.8 Å². The highest BCUT2D eigenvalue weighted by molar-refractivity contribution is 7.91. The van der Waals surface area contributed by atoms with Gasteiger partial charge in [0.1, 0.15) is 5.76 Å². The summed E-state index contributed by atoms with van der Waals surface area (Å²) in [6.45, 7) is 9.32. The number of nitrogens with zero attached hydrogens (tertiary/aromatic N) is 3. The topological polar surface area (TPSA) is 83.7 Å². The van der Waals surface area contributed by atoms with E-state index in [2.05, 4.69) is 16.0 Å². The molecular weight excluding hydrogens is 342 g/mol. The summed E-state index contributed by atoms with van der Waals surface area (Å²) in [5, 5.41) is 0. The van der Waals surface area contributed by atoms with Gasteiger partial charge in [-0.05, 0) is 20.8 Å². The first-order valence-corrected chi connectivity index (χ1v) is 10.3. The first-order valence-electron chi connectivity index (χ1n) is 8.51. The third kappa shape index (κ3) is 3.64. The van der Waals surface area contributed by atoms with Crippen molar-refractivity contribution < 1.29 is 17.6 Å². The molecule has 7 nitrogen and oxygen atoms in total. The molecule has 1 amide bonds. The number of carbonyl (C=O) groups excluding carboxylic acids is 1. The lowest BCUT2D eigenvalue weighted by molar-refractivity contribution is 0.0362. The Labute approximate surface area is 148 Å². The van der Waals surface area contributed by atoms with Crippen molar-refractivity contribution in [3.63, 3.8) is 0 Å². The van der Waals surface area contributed by atoms with Crippen LogP contribution >= 0.6 is 0 Å². The van der Waals surface area contributed by atoms with E-state index < -0.39 is 9.84 Å². The van der Waals surface area contributed by atoms with Gasteiger partial charge in [0.05, 0.1) is 17.5 Å². The summed E-state index contributed by atoms with van der Waals surface area (Å²) in [4.78, 5) is 21.0. The maximum Gasteiger partial charge on any atom is 0.276 e. The lowest BCUT2D eigenvalue weighted by Gasteiger charge is -2.43. The third-order valence-corrected chi connectivity index (χ3v) is 6.59. The maximum atomic E-state index is 12.9. The molecule has 2 atom stereocenters. The number of oxazole rings is 1. The number of hydrogen-bond acceptors (Lipinski definition) is 6. The predicted octanol–water partition coefficient (Wildman–Crippen LogP) is 1.18. The van der Waals surface area contributed by atoms with Crippen molar-refractivity contribution in [3.8, 4) is 0 Å². The van der Waals surface area contributed by atoms with E-state index in [9.17, 15) is 13.2 Å². The second kappa shape index (κ2) is 6.57. The van der Waals surface area contributed by atoms with Crippen LogP contribution in [0.1, 0.15) is 36.0 Å². The number of amides is 1. The number of hydrogen-bond donors (Lipinski definition) is 0. The van der Waals surface area contributed by atoms with Gasteiger partial charge in [0.15, 0.2) is 21.4 Å². The van der Waals surface area contributed by atoms with E-state index in [0.717, 1.165) is 0 Å². The summed E-state index contributed by atoms with van der Waals surface area (Å²) in [5.41, 5.74) is 1.49. The number of rotatable bonds is 3. The SMILES string of the molecule is CC(C)=CCN1CCN(C(=O)c2nc(C)oc2C)[C@@H]2CS(=O)(=O)C[C@@H]21. The molecule has 1 aromatic rings. The lowest BCUT2D eigenvalue weighted by atomic mass is 10.0. The van der Waals surface area contributed by atoms with Gasteiger partial charge in [-0.1, -0.05) is 11.6 Å². The Morgan fingerprint density at radius 3 is 2.52 bits per heavy atom. The van der Waals surface area contributed by atoms with Crippen molar-refractivity contribution in [2.24, 2.45) is 0 Å². The van der Waals surface area contributed by atoms with E-state index in [-0.39, 0.29) is 29.5 Å². The van der Waals surface area contributed by atoms with Crippen molar-refractivity contribution in [2.45, 2.75) is 39.8 Å². The highest BCUT2D eigenvalue weighted by Gasteiger charge is 2.48. The largest absolute Gasteiger partial charge is 0.445 e. The lowest BCUT2D eigenvalue weighted by Crippen LogP contribution is -2.60. The van der Waals surface area contributed by atoms with Gasteiger partial charge in [-0.25, -0.2) is 13.4 Å². The fourth-order valence-electron chi connectivity index (χ4n) is 3.67. The normalized spacial score (nSPS) is 25.7. The Morgan fingerprint density at radius 2 is 1.92 bits per heavy atom. The average molecular weight is 367 g/mol. The van der Waals surface area contributed by atoms with Crippen LogP contribution in [0.4, 0.5) is 0 Å². The Balaban J connectivity index is 1.87. The highest BCUT2D eigenvalue weighted by atomic mass is 32.2. The average Bonchev–Trinajstić information content (AvgIpc) is 3.01. The van der Waals surface area contributed by atoms with Gasteiger partial charge in [-0.3, -0.25) is 9.69 Å². The molecule has 138 valence electrons. The number of aromatic nitrogens is 1. The van der Waals surface area contributed by atoms with E-state index >= 15 is 0 Å². The van der Waals surface area contributed by atoms with E-state index in [4.69, 9.17) is 4.42 Å². The number of sulfone groups is 1. The Kier molecular flexibility index (Phi) is 4.76. The Morgan fingerprint density at radius 1 is 1.24 bits per heavy atom. The molecule has 0 aliphatic carbocycles. The second-order valence-electron chi connectivity index (χ2n) is 7.12. The summed E-state index contributed by atoms with van der Waals surface area (Å²) in [7, 11) is -3.15. The summed E-state index contributed by atoms with van der Waals surface area (Å²) in [6.07, 6.45) is 2.10. The number of aryl methyl sites for hydroxylation is 2. The van der Waals surface area contributed by atoms with Gasteiger partial charge in [0.25, 0.3) is 5.91 Å². The molecule has 0 spiro atoms. The van der Waals surface area contributed by atoms with Gasteiger partial charge in [0.2, 0.25) is 0 Å². The molecule has 0 N–H and O–H groups in total. The van der Waals surface area contributed by atoms with Crippen LogP contribution in [0.2, 0.25) is 0 Å². The van der Waals surface area contributed by atoms with Gasteiger partial charge in [-0.2, -0.15) is 0 Å². The Bertz CT molecular complexity index is 808. The van der Waals surface area contributed by atoms with E-state index in [1.165, 1.54) is 5.57 Å². The molecule has 2 aliphatic heterocycles. The number of piperazine rings is 1. The molecule has 0 bridgehead atoms. The van der Waals surface area contributed by atoms with Crippen LogP contribution in [0.3, 0.4) is 0 Å². The molecule has 3 rings (SSSR count). The Hall–Kier alpha value is -1.67. The minimum Gasteiger partial charge on any atom is -0.445 e. The van der Waals surface area contributed by atoms with Crippen LogP contribution in [0.25, 0.3) is 0 Å². The first kappa shape index (κ1) is 18.1. The molecule has 1 aromatic heterocycles. The molecule has 2 fully saturated rings. The summed E-state index contributed by atoms with van der Waals surface area (Å²) in [5.74, 6) is 0.813. The highest BCUT2D eigenvalue weighted by Crippen LogP contribution is 2.28. The van der Waals surface area contributed by atoms with Crippen LogP contribution in [-0.4, -0.2) is 72.3 Å². The molecule has 0 saturated carbocycles. The molecule has 25 heavy (non-hydrogen) atoms. The third-order valence-electron chi connectivity index (χ3n) is 4.89. The van der Waals surface area contributed by atoms with Crippen LogP contribution in [0, 0.1) is 13.8 Å². The fourth-order valence-corrected chi connectivity index (χ4v) is 5.68. The van der Waals surface area contributed by atoms with Gasteiger partial charge in [0, 0.05) is 32.6 Å². The van der Waals surface area contributed by atoms with Crippen molar-refractivity contribution >= 4 is 15.7 Å². The van der Waals surface area contributed by atoms with Crippen LogP contribution in [-0.2, 0) is 9.84 Å². The van der Waals surface area contributed by atoms with Crippen LogP contribution < -0.4 is 0 Å². The molecule has 2 saturated heterocycles. The number of carbonyl (C=O) groups is 1. The maximum absolute atomic E-state index is 12.9. The predicted molar refractivity (Wildman–Crippen MR) is 94.2 cm³/mol. The van der Waals surface area contributed by atoms with Crippen LogP contribution in [0.15, 0.2) is 16.1 Å². The van der Waals surface area contributed by atoms with Gasteiger partial charge in [-0.15, -0.1) is 0 Å². The first-order chi connectivity index (χ1) is 11.7. The minimum absolute atomic E-state index is 0.0185.